The lowest BCUT2D eigenvalue weighted by molar-refractivity contribution is -0.140. The topological polar surface area (TPSA) is 99.8 Å². The van der Waals surface area contributed by atoms with Crippen molar-refractivity contribution in [1.82, 2.24) is 10.2 Å². The van der Waals surface area contributed by atoms with Crippen molar-refractivity contribution in [3.05, 3.63) is 69.8 Å². The van der Waals surface area contributed by atoms with E-state index >= 15 is 0 Å². The lowest BCUT2D eigenvalue weighted by Crippen LogP contribution is -2.48. The van der Waals surface area contributed by atoms with Crippen LogP contribution in [0.15, 0.2) is 64.3 Å². The number of urea groups is 2. The number of rotatable bonds is 8. The fraction of sp³-hybridized carbons (Fsp3) is 0.346. The number of carbonyl (C=O) groups excluding carboxylic acids is 3. The number of hydrogen-bond acceptors (Lipinski definition) is 4. The van der Waals surface area contributed by atoms with Gasteiger partial charge in [0, 0.05) is 28.1 Å². The molecule has 0 saturated heterocycles. The molecule has 1 heterocycles. The number of hydrogen-bond donors (Lipinski definition) is 3. The average molecular weight is 543 g/mol. The van der Waals surface area contributed by atoms with Gasteiger partial charge in [0.25, 0.3) is 0 Å². The Morgan fingerprint density at radius 3 is 2.43 bits per heavy atom. The molecule has 1 atom stereocenters. The standard InChI is InChI=1S/C26H31BrN4O4/c1-5-13-31-17(4)22(24(32)35-15-16(2)3)23(30-26(31)34)18-9-11-20(12-10-18)28-25(33)29-21-8-6-7-19(27)14-21/h6-12,14,16,23H,5,13,15H2,1-4H3,(H,30,34)(H2,28,29,33). The summed E-state index contributed by atoms with van der Waals surface area (Å²) in [5.41, 5.74) is 2.93. The third kappa shape index (κ3) is 6.85. The summed E-state index contributed by atoms with van der Waals surface area (Å²) in [5.74, 6) is -0.255. The van der Waals surface area contributed by atoms with E-state index in [2.05, 4.69) is 31.9 Å². The molecule has 1 aliphatic heterocycles. The normalized spacial score (nSPS) is 15.7. The van der Waals surface area contributed by atoms with Crippen molar-refractivity contribution in [3.8, 4) is 0 Å². The lowest BCUT2D eigenvalue weighted by Gasteiger charge is -2.35. The number of ether oxygens (including phenoxy) is 1. The molecule has 1 unspecified atom stereocenters. The number of nitrogens with one attached hydrogen (secondary N) is 3. The molecule has 0 radical (unpaired) electrons. The van der Waals surface area contributed by atoms with Crippen LogP contribution in [-0.2, 0) is 9.53 Å². The minimum atomic E-state index is -0.653. The highest BCUT2D eigenvalue weighted by Crippen LogP contribution is 2.32. The Balaban J connectivity index is 1.80. The maximum absolute atomic E-state index is 13.0. The smallest absolute Gasteiger partial charge is 0.338 e. The summed E-state index contributed by atoms with van der Waals surface area (Å²) in [6.45, 7) is 8.48. The highest BCUT2D eigenvalue weighted by molar-refractivity contribution is 9.10. The third-order valence-corrected chi connectivity index (χ3v) is 5.89. The van der Waals surface area contributed by atoms with E-state index in [1.54, 1.807) is 48.2 Å². The summed E-state index contributed by atoms with van der Waals surface area (Å²) >= 11 is 3.38. The van der Waals surface area contributed by atoms with Crippen LogP contribution in [0.4, 0.5) is 21.0 Å². The van der Waals surface area contributed by atoms with Crippen LogP contribution in [0.2, 0.25) is 0 Å². The molecule has 186 valence electrons. The van der Waals surface area contributed by atoms with Crippen molar-refractivity contribution >= 4 is 45.3 Å². The van der Waals surface area contributed by atoms with E-state index in [4.69, 9.17) is 4.74 Å². The molecule has 0 spiro atoms. The van der Waals surface area contributed by atoms with Crippen molar-refractivity contribution in [1.29, 1.82) is 0 Å². The molecule has 8 nitrogen and oxygen atoms in total. The van der Waals surface area contributed by atoms with E-state index in [9.17, 15) is 14.4 Å². The van der Waals surface area contributed by atoms with Gasteiger partial charge in [-0.25, -0.2) is 14.4 Å². The second-order valence-electron chi connectivity index (χ2n) is 8.74. The summed E-state index contributed by atoms with van der Waals surface area (Å²) in [6.07, 6.45) is 0.756. The van der Waals surface area contributed by atoms with Gasteiger partial charge in [-0.05, 0) is 55.2 Å². The Morgan fingerprint density at radius 1 is 1.11 bits per heavy atom. The van der Waals surface area contributed by atoms with Crippen molar-refractivity contribution in [2.24, 2.45) is 5.92 Å². The Bertz CT molecular complexity index is 1110. The van der Waals surface area contributed by atoms with Gasteiger partial charge < -0.3 is 20.7 Å². The van der Waals surface area contributed by atoms with E-state index in [0.29, 0.717) is 41.4 Å². The first-order valence-electron chi connectivity index (χ1n) is 11.6. The van der Waals surface area contributed by atoms with Gasteiger partial charge in [0.1, 0.15) is 0 Å². The number of anilines is 2. The monoisotopic (exact) mass is 542 g/mol. The minimum absolute atomic E-state index is 0.191. The summed E-state index contributed by atoms with van der Waals surface area (Å²) in [4.78, 5) is 39.8. The Labute approximate surface area is 214 Å². The van der Waals surface area contributed by atoms with Gasteiger partial charge in [-0.1, -0.05) is 54.9 Å². The predicted molar refractivity (Wildman–Crippen MR) is 140 cm³/mol. The number of halogens is 1. The molecule has 9 heteroatoms. The van der Waals surface area contributed by atoms with Crippen molar-refractivity contribution in [3.63, 3.8) is 0 Å². The van der Waals surface area contributed by atoms with Gasteiger partial charge in [-0.3, -0.25) is 4.90 Å². The first-order valence-corrected chi connectivity index (χ1v) is 12.4. The molecule has 35 heavy (non-hydrogen) atoms. The van der Waals surface area contributed by atoms with Crippen molar-refractivity contribution in [2.45, 2.75) is 40.2 Å². The van der Waals surface area contributed by atoms with E-state index in [-0.39, 0.29) is 18.0 Å². The molecule has 4 amide bonds. The number of nitrogens with zero attached hydrogens (tertiary/aromatic N) is 1. The highest BCUT2D eigenvalue weighted by Gasteiger charge is 2.36. The SMILES string of the molecule is CCCN1C(=O)NC(c2ccc(NC(=O)Nc3cccc(Br)c3)cc2)C(C(=O)OCC(C)C)=C1C. The average Bonchev–Trinajstić information content (AvgIpc) is 2.80. The van der Waals surface area contributed by atoms with Gasteiger partial charge in [0.2, 0.25) is 0 Å². The van der Waals surface area contributed by atoms with Crippen LogP contribution in [0, 0.1) is 5.92 Å². The number of esters is 1. The minimum Gasteiger partial charge on any atom is -0.462 e. The lowest BCUT2D eigenvalue weighted by atomic mass is 9.94. The van der Waals surface area contributed by atoms with Crippen LogP contribution < -0.4 is 16.0 Å². The van der Waals surface area contributed by atoms with Gasteiger partial charge >= 0.3 is 18.0 Å². The maximum Gasteiger partial charge on any atom is 0.338 e. The predicted octanol–water partition coefficient (Wildman–Crippen LogP) is 6.04. The van der Waals surface area contributed by atoms with Crippen LogP contribution >= 0.6 is 15.9 Å². The number of amides is 4. The zero-order valence-electron chi connectivity index (χ0n) is 20.4. The highest BCUT2D eigenvalue weighted by atomic mass is 79.9. The van der Waals surface area contributed by atoms with Crippen molar-refractivity contribution < 1.29 is 19.1 Å². The second-order valence-corrected chi connectivity index (χ2v) is 9.65. The fourth-order valence-electron chi connectivity index (χ4n) is 3.73. The molecular formula is C26H31BrN4O4. The van der Waals surface area contributed by atoms with E-state index in [1.807, 2.05) is 32.9 Å². The van der Waals surface area contributed by atoms with E-state index in [0.717, 1.165) is 10.9 Å². The van der Waals surface area contributed by atoms with Crippen LogP contribution in [-0.4, -0.2) is 36.1 Å². The molecule has 3 N–H and O–H groups in total. The van der Waals surface area contributed by atoms with E-state index < -0.39 is 12.0 Å². The molecular weight excluding hydrogens is 512 g/mol. The van der Waals surface area contributed by atoms with E-state index in [1.165, 1.54) is 0 Å². The first kappa shape index (κ1) is 26.3. The molecule has 2 aromatic carbocycles. The van der Waals surface area contributed by atoms with Gasteiger partial charge in [0.05, 0.1) is 18.2 Å². The number of carbonyl (C=O) groups is 3. The molecule has 0 saturated carbocycles. The number of allylic oxidation sites excluding steroid dienone is 1. The summed E-state index contributed by atoms with van der Waals surface area (Å²) in [6, 6.07) is 13.0. The Kier molecular flexibility index (Phi) is 8.92. The quantitative estimate of drug-likeness (QED) is 0.354. The molecule has 0 fully saturated rings. The molecule has 3 rings (SSSR count). The van der Waals surface area contributed by atoms with Crippen LogP contribution in [0.3, 0.4) is 0 Å². The van der Waals surface area contributed by atoms with Crippen molar-refractivity contribution in [2.75, 3.05) is 23.8 Å². The summed E-state index contributed by atoms with van der Waals surface area (Å²) in [7, 11) is 0. The van der Waals surface area contributed by atoms with Crippen LogP contribution in [0.25, 0.3) is 0 Å². The molecule has 0 aromatic heterocycles. The van der Waals surface area contributed by atoms with Gasteiger partial charge in [-0.15, -0.1) is 0 Å². The molecule has 1 aliphatic rings. The molecule has 2 aromatic rings. The maximum atomic E-state index is 13.0. The van der Waals surface area contributed by atoms with Gasteiger partial charge in [-0.2, -0.15) is 0 Å². The molecule has 0 aliphatic carbocycles. The first-order chi connectivity index (χ1) is 16.7. The second kappa shape index (κ2) is 11.9. The Morgan fingerprint density at radius 2 is 1.80 bits per heavy atom. The largest absolute Gasteiger partial charge is 0.462 e. The Hall–Kier alpha value is -3.33. The molecule has 0 bridgehead atoms. The fourth-order valence-corrected chi connectivity index (χ4v) is 4.13. The third-order valence-electron chi connectivity index (χ3n) is 5.40. The van der Waals surface area contributed by atoms with Crippen LogP contribution in [0.5, 0.6) is 0 Å². The summed E-state index contributed by atoms with van der Waals surface area (Å²) in [5, 5.41) is 8.49. The number of benzene rings is 2. The zero-order valence-corrected chi connectivity index (χ0v) is 21.9. The summed E-state index contributed by atoms with van der Waals surface area (Å²) < 4.78 is 6.38. The van der Waals surface area contributed by atoms with Crippen LogP contribution in [0.1, 0.15) is 45.7 Å². The van der Waals surface area contributed by atoms with Gasteiger partial charge in [0.15, 0.2) is 0 Å². The zero-order chi connectivity index (χ0) is 25.5.